The lowest BCUT2D eigenvalue weighted by molar-refractivity contribution is -0.155. The zero-order valence-electron chi connectivity index (χ0n) is 26.0. The number of hydrogen-bond acceptors (Lipinski definition) is 6. The zero-order valence-corrected chi connectivity index (χ0v) is 26.0. The Balaban J connectivity index is 1.19. The molecule has 1 aromatic heterocycles. The maximum atomic E-state index is 14.8. The first-order chi connectivity index (χ1) is 21.0. The number of amides is 2. The SMILES string of the molecule is CC(C)(C)OC(=O)CCCCCCCCC(=O)N1CCN(C(=O)c2cc(Cc3n[nH]c(=O)c4ccccc34)ccc2F)CC1. The van der Waals surface area contributed by atoms with Gasteiger partial charge in [0, 0.05) is 50.8 Å². The number of carbonyl (C=O) groups is 3. The van der Waals surface area contributed by atoms with Gasteiger partial charge in [0.25, 0.3) is 11.5 Å². The summed E-state index contributed by atoms with van der Waals surface area (Å²) in [6, 6.07) is 11.6. The summed E-state index contributed by atoms with van der Waals surface area (Å²) < 4.78 is 20.1. The number of nitrogens with one attached hydrogen (secondary N) is 1. The number of ether oxygens (including phenoxy) is 1. The highest BCUT2D eigenvalue weighted by Crippen LogP contribution is 2.20. The van der Waals surface area contributed by atoms with Crippen LogP contribution in [0.4, 0.5) is 4.39 Å². The molecule has 1 fully saturated rings. The van der Waals surface area contributed by atoms with Crippen LogP contribution in [0.15, 0.2) is 47.3 Å². The van der Waals surface area contributed by atoms with E-state index in [1.165, 1.54) is 6.07 Å². The maximum absolute atomic E-state index is 14.8. The number of carbonyl (C=O) groups excluding carboxylic acids is 3. The van der Waals surface area contributed by atoms with Crippen LogP contribution >= 0.6 is 0 Å². The number of halogens is 1. The van der Waals surface area contributed by atoms with Gasteiger partial charge in [0.1, 0.15) is 11.4 Å². The summed E-state index contributed by atoms with van der Waals surface area (Å²) in [4.78, 5) is 53.3. The van der Waals surface area contributed by atoms with Gasteiger partial charge in [0.05, 0.1) is 16.6 Å². The van der Waals surface area contributed by atoms with Crippen molar-refractivity contribution < 1.29 is 23.5 Å². The molecule has 2 aromatic carbocycles. The molecule has 0 radical (unpaired) electrons. The second-order valence-corrected chi connectivity index (χ2v) is 12.4. The lowest BCUT2D eigenvalue weighted by Gasteiger charge is -2.35. The normalized spacial score (nSPS) is 13.7. The highest BCUT2D eigenvalue weighted by Gasteiger charge is 2.26. The van der Waals surface area contributed by atoms with Crippen molar-refractivity contribution in [1.29, 1.82) is 0 Å². The van der Waals surface area contributed by atoms with Crippen molar-refractivity contribution in [2.75, 3.05) is 26.2 Å². The molecule has 1 saturated heterocycles. The van der Waals surface area contributed by atoms with E-state index in [4.69, 9.17) is 4.74 Å². The number of hydrogen-bond donors (Lipinski definition) is 1. The minimum Gasteiger partial charge on any atom is -0.460 e. The van der Waals surface area contributed by atoms with Crippen LogP contribution in [-0.2, 0) is 20.7 Å². The molecule has 236 valence electrons. The number of H-pyrrole nitrogens is 1. The average molecular weight is 607 g/mol. The topological polar surface area (TPSA) is 113 Å². The minimum absolute atomic E-state index is 0.0119. The number of unbranched alkanes of at least 4 members (excludes halogenated alkanes) is 5. The van der Waals surface area contributed by atoms with E-state index in [0.29, 0.717) is 67.5 Å². The third-order valence-corrected chi connectivity index (χ3v) is 7.77. The monoisotopic (exact) mass is 606 g/mol. The number of aromatic nitrogens is 2. The predicted octanol–water partition coefficient (Wildman–Crippen LogP) is 5.40. The van der Waals surface area contributed by atoms with E-state index in [-0.39, 0.29) is 23.0 Å². The van der Waals surface area contributed by atoms with Gasteiger partial charge in [-0.05, 0) is 57.4 Å². The number of fused-ring (bicyclic) bond motifs is 1. The molecule has 0 spiro atoms. The molecule has 1 aliphatic rings. The Kier molecular flexibility index (Phi) is 11.3. The fraction of sp³-hybridized carbons (Fsp3) is 0.500. The minimum atomic E-state index is -0.596. The zero-order chi connectivity index (χ0) is 31.7. The Hall–Kier alpha value is -4.08. The third-order valence-electron chi connectivity index (χ3n) is 7.77. The lowest BCUT2D eigenvalue weighted by Crippen LogP contribution is -2.50. The molecule has 0 saturated carbocycles. The van der Waals surface area contributed by atoms with E-state index in [0.717, 1.165) is 38.5 Å². The van der Waals surface area contributed by atoms with Gasteiger partial charge < -0.3 is 14.5 Å². The van der Waals surface area contributed by atoms with Gasteiger partial charge in [-0.3, -0.25) is 19.2 Å². The van der Waals surface area contributed by atoms with Crippen molar-refractivity contribution in [2.45, 2.75) is 84.2 Å². The largest absolute Gasteiger partial charge is 0.460 e. The van der Waals surface area contributed by atoms with Crippen molar-refractivity contribution in [3.8, 4) is 0 Å². The molecule has 0 bridgehead atoms. The quantitative estimate of drug-likeness (QED) is 0.218. The van der Waals surface area contributed by atoms with Crippen LogP contribution in [0.5, 0.6) is 0 Å². The van der Waals surface area contributed by atoms with Gasteiger partial charge >= 0.3 is 5.97 Å². The predicted molar refractivity (Wildman–Crippen MR) is 167 cm³/mol. The van der Waals surface area contributed by atoms with E-state index in [1.807, 2.05) is 32.9 Å². The van der Waals surface area contributed by atoms with Crippen molar-refractivity contribution in [2.24, 2.45) is 0 Å². The molecule has 9 nitrogen and oxygen atoms in total. The summed E-state index contributed by atoms with van der Waals surface area (Å²) >= 11 is 0. The molecule has 44 heavy (non-hydrogen) atoms. The van der Waals surface area contributed by atoms with E-state index >= 15 is 0 Å². The Labute approximate surface area is 257 Å². The standard InChI is InChI=1S/C34H43FN4O5/c1-34(2,3)44-31(41)15-9-7-5-4-6-8-14-30(40)38-18-20-39(21-19-38)33(43)27-22-24(16-17-28(27)35)23-29-25-12-10-11-13-26(25)32(42)37-36-29/h10-13,16-17,22H,4-9,14-15,18-21,23H2,1-3H3,(H,37,42). The maximum Gasteiger partial charge on any atom is 0.306 e. The fourth-order valence-corrected chi connectivity index (χ4v) is 5.48. The molecule has 0 atom stereocenters. The van der Waals surface area contributed by atoms with Crippen LogP contribution in [-0.4, -0.2) is 69.6 Å². The number of esters is 1. The molecule has 0 aliphatic carbocycles. The molecule has 2 amide bonds. The van der Waals surface area contributed by atoms with Crippen LogP contribution < -0.4 is 5.56 Å². The van der Waals surface area contributed by atoms with E-state index in [2.05, 4.69) is 10.2 Å². The number of piperazine rings is 1. The second kappa shape index (κ2) is 15.1. The Bertz CT molecular complexity index is 1520. The van der Waals surface area contributed by atoms with Crippen LogP contribution in [0.2, 0.25) is 0 Å². The molecule has 1 aliphatic heterocycles. The Morgan fingerprint density at radius 3 is 2.16 bits per heavy atom. The lowest BCUT2D eigenvalue weighted by atomic mass is 10.0. The van der Waals surface area contributed by atoms with Gasteiger partial charge in [-0.2, -0.15) is 5.10 Å². The molecule has 0 unspecified atom stereocenters. The molecule has 3 aromatic rings. The first-order valence-electron chi connectivity index (χ1n) is 15.6. The van der Waals surface area contributed by atoms with Gasteiger partial charge in [-0.25, -0.2) is 9.49 Å². The van der Waals surface area contributed by atoms with Gasteiger partial charge in [0.15, 0.2) is 0 Å². The third kappa shape index (κ3) is 9.21. The summed E-state index contributed by atoms with van der Waals surface area (Å²) in [5.74, 6) is -1.07. The molecule has 2 heterocycles. The van der Waals surface area contributed by atoms with Crippen molar-refractivity contribution in [3.63, 3.8) is 0 Å². The van der Waals surface area contributed by atoms with Gasteiger partial charge in [0.2, 0.25) is 5.91 Å². The first kappa shape index (κ1) is 32.8. The second-order valence-electron chi connectivity index (χ2n) is 12.4. The number of benzene rings is 2. The Morgan fingerprint density at radius 2 is 1.48 bits per heavy atom. The van der Waals surface area contributed by atoms with Crippen molar-refractivity contribution in [3.05, 3.63) is 75.5 Å². The summed E-state index contributed by atoms with van der Waals surface area (Å²) in [7, 11) is 0. The van der Waals surface area contributed by atoms with Crippen LogP contribution in [0.3, 0.4) is 0 Å². The van der Waals surface area contributed by atoms with Crippen LogP contribution in [0.25, 0.3) is 10.8 Å². The smallest absolute Gasteiger partial charge is 0.306 e. The molecular formula is C34H43FN4O5. The Morgan fingerprint density at radius 1 is 0.864 bits per heavy atom. The van der Waals surface area contributed by atoms with Gasteiger partial charge in [-0.15, -0.1) is 0 Å². The number of aromatic amines is 1. The van der Waals surface area contributed by atoms with Crippen LogP contribution in [0.1, 0.15) is 93.8 Å². The molecule has 10 heteroatoms. The number of nitrogens with zero attached hydrogens (tertiary/aromatic N) is 3. The first-order valence-corrected chi connectivity index (χ1v) is 15.6. The highest BCUT2D eigenvalue weighted by atomic mass is 19.1. The van der Waals surface area contributed by atoms with E-state index in [1.54, 1.807) is 34.1 Å². The molecule has 4 rings (SSSR count). The fourth-order valence-electron chi connectivity index (χ4n) is 5.48. The van der Waals surface area contributed by atoms with Crippen LogP contribution in [0, 0.1) is 5.82 Å². The highest BCUT2D eigenvalue weighted by molar-refractivity contribution is 5.95. The summed E-state index contributed by atoms with van der Waals surface area (Å²) in [5.41, 5.74) is 0.604. The van der Waals surface area contributed by atoms with E-state index in [9.17, 15) is 23.6 Å². The average Bonchev–Trinajstić information content (AvgIpc) is 2.99. The summed E-state index contributed by atoms with van der Waals surface area (Å²) in [5, 5.41) is 7.94. The number of rotatable bonds is 12. The van der Waals surface area contributed by atoms with Gasteiger partial charge in [-0.1, -0.05) is 49.9 Å². The van der Waals surface area contributed by atoms with E-state index < -0.39 is 17.3 Å². The molecular weight excluding hydrogens is 563 g/mol. The molecule has 1 N–H and O–H groups in total. The van der Waals surface area contributed by atoms with Crippen molar-refractivity contribution in [1.82, 2.24) is 20.0 Å². The van der Waals surface area contributed by atoms with Crippen molar-refractivity contribution >= 4 is 28.6 Å². The summed E-state index contributed by atoms with van der Waals surface area (Å²) in [6.07, 6.45) is 6.81. The summed E-state index contributed by atoms with van der Waals surface area (Å²) in [6.45, 7) is 7.13.